The number of hydrogen-bond acceptors (Lipinski definition) is 6. The van der Waals surface area contributed by atoms with E-state index in [9.17, 15) is 14.9 Å². The number of fused-ring (bicyclic) bond motifs is 1. The van der Waals surface area contributed by atoms with Crippen molar-refractivity contribution in [1.82, 2.24) is 4.98 Å². The molecule has 0 bridgehead atoms. The van der Waals surface area contributed by atoms with E-state index in [1.807, 2.05) is 5.38 Å². The lowest BCUT2D eigenvalue weighted by Crippen LogP contribution is -2.09. The molecule has 0 unspecified atom stereocenters. The largest absolute Gasteiger partial charge is 0.297 e. The third-order valence-electron chi connectivity index (χ3n) is 2.55. The van der Waals surface area contributed by atoms with Gasteiger partial charge in [0, 0.05) is 12.1 Å². The van der Waals surface area contributed by atoms with Crippen LogP contribution in [0.15, 0.2) is 35.7 Å². The van der Waals surface area contributed by atoms with Crippen LogP contribution in [0.5, 0.6) is 0 Å². The molecule has 0 saturated carbocycles. The molecule has 0 atom stereocenters. The van der Waals surface area contributed by atoms with Crippen LogP contribution in [0.1, 0.15) is 9.67 Å². The predicted octanol–water partition coefficient (Wildman–Crippen LogP) is 3.52. The van der Waals surface area contributed by atoms with Gasteiger partial charge in [0.1, 0.15) is 0 Å². The number of amides is 1. The summed E-state index contributed by atoms with van der Waals surface area (Å²) in [5.41, 5.74) is 0.638. The second kappa shape index (κ2) is 4.99. The molecule has 0 spiro atoms. The summed E-state index contributed by atoms with van der Waals surface area (Å²) in [6.07, 6.45) is 0. The average molecular weight is 305 g/mol. The van der Waals surface area contributed by atoms with Crippen molar-refractivity contribution in [2.24, 2.45) is 0 Å². The first-order valence-electron chi connectivity index (χ1n) is 5.53. The minimum Gasteiger partial charge on any atom is -0.297 e. The average Bonchev–Trinajstić information content (AvgIpc) is 3.06. The molecule has 0 radical (unpaired) electrons. The highest BCUT2D eigenvalue weighted by atomic mass is 32.1. The number of carbonyl (C=O) groups excluding carboxylic acids is 1. The van der Waals surface area contributed by atoms with E-state index in [0.29, 0.717) is 20.2 Å². The highest BCUT2D eigenvalue weighted by Gasteiger charge is 2.13. The highest BCUT2D eigenvalue weighted by molar-refractivity contribution is 7.22. The molecule has 0 fully saturated rings. The Labute approximate surface area is 120 Å². The van der Waals surface area contributed by atoms with E-state index in [2.05, 4.69) is 10.3 Å². The van der Waals surface area contributed by atoms with Gasteiger partial charge in [-0.3, -0.25) is 20.2 Å². The van der Waals surface area contributed by atoms with E-state index in [0.717, 1.165) is 0 Å². The predicted molar refractivity (Wildman–Crippen MR) is 78.5 cm³/mol. The zero-order chi connectivity index (χ0) is 14.1. The molecular formula is C12H7N3O3S2. The number of anilines is 1. The van der Waals surface area contributed by atoms with Gasteiger partial charge in [-0.15, -0.1) is 11.3 Å². The number of nitrogens with zero attached hydrogens (tertiary/aromatic N) is 2. The van der Waals surface area contributed by atoms with Gasteiger partial charge >= 0.3 is 0 Å². The molecule has 3 aromatic rings. The van der Waals surface area contributed by atoms with Crippen molar-refractivity contribution in [3.8, 4) is 0 Å². The van der Waals surface area contributed by atoms with Gasteiger partial charge in [-0.2, -0.15) is 0 Å². The van der Waals surface area contributed by atoms with E-state index in [1.54, 1.807) is 18.2 Å². The fourth-order valence-corrected chi connectivity index (χ4v) is 3.16. The number of rotatable bonds is 3. The van der Waals surface area contributed by atoms with Gasteiger partial charge < -0.3 is 0 Å². The summed E-state index contributed by atoms with van der Waals surface area (Å²) in [5.74, 6) is -0.228. The number of nitrogens with one attached hydrogen (secondary N) is 1. The van der Waals surface area contributed by atoms with Crippen LogP contribution in [0, 0.1) is 10.1 Å². The van der Waals surface area contributed by atoms with E-state index in [-0.39, 0.29) is 11.6 Å². The molecule has 8 heteroatoms. The van der Waals surface area contributed by atoms with Gasteiger partial charge in [-0.05, 0) is 17.5 Å². The first-order chi connectivity index (χ1) is 9.63. The number of thiophene rings is 1. The maximum atomic E-state index is 11.9. The second-order valence-corrected chi connectivity index (χ2v) is 5.84. The normalized spacial score (nSPS) is 10.6. The minimum atomic E-state index is -0.455. The Morgan fingerprint density at radius 1 is 1.35 bits per heavy atom. The summed E-state index contributed by atoms with van der Waals surface area (Å²) in [4.78, 5) is 27.0. The number of benzene rings is 1. The summed E-state index contributed by atoms with van der Waals surface area (Å²) >= 11 is 2.55. The van der Waals surface area contributed by atoms with Crippen LogP contribution in [0.3, 0.4) is 0 Å². The van der Waals surface area contributed by atoms with Gasteiger partial charge in [0.2, 0.25) is 0 Å². The van der Waals surface area contributed by atoms with Crippen molar-refractivity contribution >= 4 is 49.6 Å². The first-order valence-corrected chi connectivity index (χ1v) is 7.23. The number of nitro benzene ring substituents is 1. The lowest BCUT2D eigenvalue weighted by molar-refractivity contribution is -0.384. The number of aromatic nitrogens is 1. The Morgan fingerprint density at radius 3 is 2.90 bits per heavy atom. The zero-order valence-corrected chi connectivity index (χ0v) is 11.5. The standard InChI is InChI=1S/C12H7N3O3S2/c16-11(9-2-1-5-19-9)14-12-13-8-4-3-7(15(17)18)6-10(8)20-12/h1-6H,(H,13,14,16). The molecule has 6 nitrogen and oxygen atoms in total. The molecule has 1 N–H and O–H groups in total. The van der Waals surface area contributed by atoms with Gasteiger partial charge in [0.05, 0.1) is 20.0 Å². The quantitative estimate of drug-likeness (QED) is 0.592. The Kier molecular flexibility index (Phi) is 3.17. The van der Waals surface area contributed by atoms with Crippen LogP contribution >= 0.6 is 22.7 Å². The maximum Gasteiger partial charge on any atom is 0.270 e. The van der Waals surface area contributed by atoms with E-state index < -0.39 is 4.92 Å². The van der Waals surface area contributed by atoms with Crippen LogP contribution < -0.4 is 5.32 Å². The molecule has 0 aliphatic carbocycles. The molecule has 1 amide bonds. The number of thiazole rings is 1. The van der Waals surface area contributed by atoms with Gasteiger partial charge in [0.15, 0.2) is 5.13 Å². The van der Waals surface area contributed by atoms with E-state index in [1.165, 1.54) is 34.8 Å². The molecule has 20 heavy (non-hydrogen) atoms. The van der Waals surface area contributed by atoms with Crippen molar-refractivity contribution in [3.63, 3.8) is 0 Å². The maximum absolute atomic E-state index is 11.9. The first kappa shape index (κ1) is 12.7. The fraction of sp³-hybridized carbons (Fsp3) is 0. The number of hydrogen-bond donors (Lipinski definition) is 1. The Hall–Kier alpha value is -2.32. The smallest absolute Gasteiger partial charge is 0.270 e. The summed E-state index contributed by atoms with van der Waals surface area (Å²) < 4.78 is 0.667. The molecular weight excluding hydrogens is 298 g/mol. The Bertz CT molecular complexity index is 796. The number of non-ortho nitro benzene ring substituents is 1. The third kappa shape index (κ3) is 2.38. The Morgan fingerprint density at radius 2 is 2.20 bits per heavy atom. The minimum absolute atomic E-state index is 0.0114. The molecule has 0 aliphatic heterocycles. The van der Waals surface area contributed by atoms with Crippen LogP contribution in [-0.2, 0) is 0 Å². The SMILES string of the molecule is O=C(Nc1nc2ccc([N+](=O)[O-])cc2s1)c1cccs1. The van der Waals surface area contributed by atoms with Gasteiger partial charge in [-0.1, -0.05) is 17.4 Å². The zero-order valence-electron chi connectivity index (χ0n) is 9.90. The highest BCUT2D eigenvalue weighted by Crippen LogP contribution is 2.29. The van der Waals surface area contributed by atoms with Crippen molar-refractivity contribution in [1.29, 1.82) is 0 Å². The lowest BCUT2D eigenvalue weighted by atomic mass is 10.3. The third-order valence-corrected chi connectivity index (χ3v) is 4.35. The Balaban J connectivity index is 1.89. The van der Waals surface area contributed by atoms with Crippen molar-refractivity contribution in [3.05, 3.63) is 50.7 Å². The van der Waals surface area contributed by atoms with E-state index >= 15 is 0 Å². The molecule has 2 aromatic heterocycles. The van der Waals surface area contributed by atoms with Gasteiger partial charge in [0.25, 0.3) is 11.6 Å². The van der Waals surface area contributed by atoms with Gasteiger partial charge in [-0.25, -0.2) is 4.98 Å². The summed E-state index contributed by atoms with van der Waals surface area (Å²) in [7, 11) is 0. The van der Waals surface area contributed by atoms with E-state index in [4.69, 9.17) is 0 Å². The topological polar surface area (TPSA) is 85.1 Å². The van der Waals surface area contributed by atoms with Crippen molar-refractivity contribution < 1.29 is 9.72 Å². The molecule has 100 valence electrons. The summed E-state index contributed by atoms with van der Waals surface area (Å²) in [5, 5.41) is 15.6. The van der Waals surface area contributed by atoms with Crippen LogP contribution in [0.25, 0.3) is 10.2 Å². The number of carbonyl (C=O) groups is 1. The second-order valence-electron chi connectivity index (χ2n) is 3.86. The monoisotopic (exact) mass is 305 g/mol. The number of nitro groups is 1. The molecule has 2 heterocycles. The molecule has 1 aromatic carbocycles. The molecule has 0 aliphatic rings. The molecule has 0 saturated heterocycles. The lowest BCUT2D eigenvalue weighted by Gasteiger charge is -1.96. The van der Waals surface area contributed by atoms with Crippen LogP contribution in [-0.4, -0.2) is 15.8 Å². The summed E-state index contributed by atoms with van der Waals surface area (Å²) in [6, 6.07) is 7.94. The van der Waals surface area contributed by atoms with Crippen molar-refractivity contribution in [2.45, 2.75) is 0 Å². The van der Waals surface area contributed by atoms with Crippen LogP contribution in [0.2, 0.25) is 0 Å². The molecule has 3 rings (SSSR count). The summed E-state index contributed by atoms with van der Waals surface area (Å²) in [6.45, 7) is 0. The van der Waals surface area contributed by atoms with Crippen molar-refractivity contribution in [2.75, 3.05) is 5.32 Å². The van der Waals surface area contributed by atoms with Crippen LogP contribution in [0.4, 0.5) is 10.8 Å². The fourth-order valence-electron chi connectivity index (χ4n) is 1.65.